The van der Waals surface area contributed by atoms with E-state index in [1.165, 1.54) is 42.3 Å². The molecule has 2 aromatic rings. The lowest BCUT2D eigenvalue weighted by Crippen LogP contribution is -2.30. The third kappa shape index (κ3) is 3.81. The van der Waals surface area contributed by atoms with Gasteiger partial charge in [-0.05, 0) is 30.3 Å². The SMILES string of the molecule is CN(CCOc1ccc(F)cc1)C(=O)c1ccc([N+](=O)[O-])o1. The van der Waals surface area contributed by atoms with Crippen LogP contribution in [0, 0.1) is 15.9 Å². The largest absolute Gasteiger partial charge is 0.492 e. The van der Waals surface area contributed by atoms with Crippen LogP contribution in [0.4, 0.5) is 10.3 Å². The fourth-order valence-electron chi connectivity index (χ4n) is 1.66. The number of benzene rings is 1. The van der Waals surface area contributed by atoms with Gasteiger partial charge in [-0.25, -0.2) is 4.39 Å². The second-order valence-corrected chi connectivity index (χ2v) is 4.42. The molecule has 116 valence electrons. The Morgan fingerprint density at radius 1 is 1.32 bits per heavy atom. The fourth-order valence-corrected chi connectivity index (χ4v) is 1.66. The molecule has 0 aliphatic carbocycles. The van der Waals surface area contributed by atoms with Gasteiger partial charge in [0.15, 0.2) is 5.76 Å². The van der Waals surface area contributed by atoms with Crippen molar-refractivity contribution in [3.05, 3.63) is 58.1 Å². The lowest BCUT2D eigenvalue weighted by Gasteiger charge is -2.15. The fraction of sp³-hybridized carbons (Fsp3) is 0.214. The zero-order valence-electron chi connectivity index (χ0n) is 11.7. The molecule has 0 saturated heterocycles. The van der Waals surface area contributed by atoms with Crippen molar-refractivity contribution in [3.8, 4) is 5.75 Å². The van der Waals surface area contributed by atoms with E-state index in [4.69, 9.17) is 9.15 Å². The first-order valence-corrected chi connectivity index (χ1v) is 6.35. The summed E-state index contributed by atoms with van der Waals surface area (Å²) in [7, 11) is 1.52. The number of amides is 1. The van der Waals surface area contributed by atoms with E-state index in [1.807, 2.05) is 0 Å². The van der Waals surface area contributed by atoms with Gasteiger partial charge in [0.25, 0.3) is 5.91 Å². The molecule has 0 spiro atoms. The first kappa shape index (κ1) is 15.5. The molecule has 2 rings (SSSR count). The van der Waals surface area contributed by atoms with Crippen LogP contribution in [0.1, 0.15) is 10.6 Å². The van der Waals surface area contributed by atoms with Gasteiger partial charge in [-0.1, -0.05) is 0 Å². The molecule has 1 aromatic carbocycles. The minimum absolute atomic E-state index is 0.115. The van der Waals surface area contributed by atoms with Gasteiger partial charge in [0.05, 0.1) is 12.6 Å². The van der Waals surface area contributed by atoms with Gasteiger partial charge in [0, 0.05) is 7.05 Å². The summed E-state index contributed by atoms with van der Waals surface area (Å²) in [4.78, 5) is 23.1. The summed E-state index contributed by atoms with van der Waals surface area (Å²) < 4.78 is 22.9. The molecule has 0 fully saturated rings. The Balaban J connectivity index is 1.85. The minimum atomic E-state index is -0.714. The first-order chi connectivity index (χ1) is 10.5. The topological polar surface area (TPSA) is 85.8 Å². The Bertz CT molecular complexity index is 668. The maximum absolute atomic E-state index is 12.7. The summed E-state index contributed by atoms with van der Waals surface area (Å²) in [5.74, 6) is -0.971. The molecule has 0 unspecified atom stereocenters. The molecule has 8 heteroatoms. The first-order valence-electron chi connectivity index (χ1n) is 6.35. The van der Waals surface area contributed by atoms with Crippen LogP contribution in [0.3, 0.4) is 0 Å². The number of carbonyl (C=O) groups excluding carboxylic acids is 1. The predicted octanol–water partition coefficient (Wildman–Crippen LogP) is 2.48. The van der Waals surface area contributed by atoms with Crippen LogP contribution in [0.5, 0.6) is 5.75 Å². The van der Waals surface area contributed by atoms with E-state index in [0.29, 0.717) is 5.75 Å². The number of halogens is 1. The normalized spacial score (nSPS) is 10.3. The van der Waals surface area contributed by atoms with Gasteiger partial charge in [-0.2, -0.15) is 0 Å². The average molecular weight is 308 g/mol. The molecule has 0 bridgehead atoms. The van der Waals surface area contributed by atoms with Crippen molar-refractivity contribution >= 4 is 11.8 Å². The molecule has 22 heavy (non-hydrogen) atoms. The van der Waals surface area contributed by atoms with Crippen molar-refractivity contribution in [1.29, 1.82) is 0 Å². The van der Waals surface area contributed by atoms with Gasteiger partial charge >= 0.3 is 5.88 Å². The summed E-state index contributed by atoms with van der Waals surface area (Å²) in [5, 5.41) is 10.5. The smallest absolute Gasteiger partial charge is 0.433 e. The lowest BCUT2D eigenvalue weighted by molar-refractivity contribution is -0.402. The summed E-state index contributed by atoms with van der Waals surface area (Å²) in [6, 6.07) is 7.87. The standard InChI is InChI=1S/C14H13FN2O5/c1-16(8-9-21-11-4-2-10(15)3-5-11)14(18)12-6-7-13(22-12)17(19)20/h2-7H,8-9H2,1H3. The van der Waals surface area contributed by atoms with E-state index in [9.17, 15) is 19.3 Å². The second kappa shape index (κ2) is 6.70. The van der Waals surface area contributed by atoms with Crippen LogP contribution in [-0.2, 0) is 0 Å². The molecular weight excluding hydrogens is 295 g/mol. The Hall–Kier alpha value is -2.90. The van der Waals surface area contributed by atoms with Gasteiger partial charge in [0.1, 0.15) is 23.1 Å². The van der Waals surface area contributed by atoms with Crippen molar-refractivity contribution in [2.75, 3.05) is 20.2 Å². The van der Waals surface area contributed by atoms with Crippen LogP contribution in [0.2, 0.25) is 0 Å². The van der Waals surface area contributed by atoms with E-state index < -0.39 is 16.7 Å². The molecule has 0 aliphatic heterocycles. The summed E-state index contributed by atoms with van der Waals surface area (Å²) in [6.07, 6.45) is 0. The van der Waals surface area contributed by atoms with Crippen LogP contribution >= 0.6 is 0 Å². The molecule has 1 heterocycles. The number of hydrogen-bond acceptors (Lipinski definition) is 5. The highest BCUT2D eigenvalue weighted by Gasteiger charge is 2.20. The number of furan rings is 1. The summed E-state index contributed by atoms with van der Waals surface area (Å²) in [5.41, 5.74) is 0. The third-order valence-corrected chi connectivity index (χ3v) is 2.84. The molecule has 7 nitrogen and oxygen atoms in total. The zero-order valence-corrected chi connectivity index (χ0v) is 11.7. The highest BCUT2D eigenvalue weighted by Crippen LogP contribution is 2.17. The van der Waals surface area contributed by atoms with Crippen molar-refractivity contribution in [2.45, 2.75) is 0 Å². The predicted molar refractivity (Wildman–Crippen MR) is 74.2 cm³/mol. The van der Waals surface area contributed by atoms with E-state index in [-0.39, 0.29) is 24.7 Å². The highest BCUT2D eigenvalue weighted by molar-refractivity contribution is 5.91. The lowest BCUT2D eigenvalue weighted by atomic mass is 10.3. The number of likely N-dealkylation sites (N-methyl/N-ethyl adjacent to an activating group) is 1. The number of rotatable bonds is 6. The number of ether oxygens (including phenoxy) is 1. The van der Waals surface area contributed by atoms with Gasteiger partial charge in [0.2, 0.25) is 0 Å². The quantitative estimate of drug-likeness (QED) is 0.604. The molecule has 1 aromatic heterocycles. The summed E-state index contributed by atoms with van der Waals surface area (Å²) >= 11 is 0. The van der Waals surface area contributed by atoms with Gasteiger partial charge in [-0.3, -0.25) is 14.9 Å². The highest BCUT2D eigenvalue weighted by atomic mass is 19.1. The molecular formula is C14H13FN2O5. The average Bonchev–Trinajstić information content (AvgIpc) is 2.98. The maximum Gasteiger partial charge on any atom is 0.433 e. The Morgan fingerprint density at radius 3 is 2.59 bits per heavy atom. The molecule has 1 amide bonds. The summed E-state index contributed by atoms with van der Waals surface area (Å²) in [6.45, 7) is 0.432. The van der Waals surface area contributed by atoms with Gasteiger partial charge < -0.3 is 14.1 Å². The van der Waals surface area contributed by atoms with Crippen LogP contribution in [-0.4, -0.2) is 35.9 Å². The number of hydrogen-bond donors (Lipinski definition) is 0. The van der Waals surface area contributed by atoms with Crippen LogP contribution in [0.25, 0.3) is 0 Å². The van der Waals surface area contributed by atoms with E-state index in [2.05, 4.69) is 0 Å². The molecule has 0 saturated carbocycles. The Kier molecular flexibility index (Phi) is 4.72. The number of nitrogens with zero attached hydrogens (tertiary/aromatic N) is 2. The Labute approximate surface area is 125 Å². The van der Waals surface area contributed by atoms with E-state index >= 15 is 0 Å². The maximum atomic E-state index is 12.7. The number of nitro groups is 1. The number of carbonyl (C=O) groups is 1. The van der Waals surface area contributed by atoms with Crippen LogP contribution in [0.15, 0.2) is 40.8 Å². The van der Waals surface area contributed by atoms with Crippen LogP contribution < -0.4 is 4.74 Å². The molecule has 0 N–H and O–H groups in total. The van der Waals surface area contributed by atoms with Crippen molar-refractivity contribution < 1.29 is 23.3 Å². The van der Waals surface area contributed by atoms with Crippen molar-refractivity contribution in [2.24, 2.45) is 0 Å². The minimum Gasteiger partial charge on any atom is -0.492 e. The molecule has 0 atom stereocenters. The van der Waals surface area contributed by atoms with Gasteiger partial charge in [-0.15, -0.1) is 0 Å². The third-order valence-electron chi connectivity index (χ3n) is 2.84. The van der Waals surface area contributed by atoms with E-state index in [1.54, 1.807) is 0 Å². The Morgan fingerprint density at radius 2 is 2.00 bits per heavy atom. The molecule has 0 radical (unpaired) electrons. The van der Waals surface area contributed by atoms with E-state index in [0.717, 1.165) is 6.07 Å². The molecule has 0 aliphatic rings. The second-order valence-electron chi connectivity index (χ2n) is 4.42. The zero-order chi connectivity index (χ0) is 16.1. The van der Waals surface area contributed by atoms with Crippen molar-refractivity contribution in [1.82, 2.24) is 4.90 Å². The monoisotopic (exact) mass is 308 g/mol. The van der Waals surface area contributed by atoms with Crippen molar-refractivity contribution in [3.63, 3.8) is 0 Å².